The van der Waals surface area contributed by atoms with Crippen LogP contribution < -0.4 is 0 Å². The SMILES string of the molecule is Cc1cc(C)nc(SSc2ccccn2)c1. The molecule has 0 atom stereocenters. The monoisotopic (exact) mass is 248 g/mol. The molecule has 0 aliphatic heterocycles. The molecule has 2 aromatic heterocycles. The first-order chi connectivity index (χ1) is 7.74. The zero-order valence-corrected chi connectivity index (χ0v) is 10.8. The maximum atomic E-state index is 4.46. The van der Waals surface area contributed by atoms with E-state index < -0.39 is 0 Å². The molecule has 82 valence electrons. The fraction of sp³-hybridized carbons (Fsp3) is 0.167. The first-order valence-corrected chi connectivity index (χ1v) is 7.10. The molecular weight excluding hydrogens is 236 g/mol. The molecule has 0 N–H and O–H groups in total. The highest BCUT2D eigenvalue weighted by atomic mass is 33.1. The first-order valence-electron chi connectivity index (χ1n) is 4.95. The Morgan fingerprint density at radius 1 is 1.00 bits per heavy atom. The molecule has 2 nitrogen and oxygen atoms in total. The summed E-state index contributed by atoms with van der Waals surface area (Å²) < 4.78 is 0. The fourth-order valence-corrected chi connectivity index (χ4v) is 3.22. The number of pyridine rings is 2. The van der Waals surface area contributed by atoms with Gasteiger partial charge in [0.15, 0.2) is 0 Å². The van der Waals surface area contributed by atoms with Gasteiger partial charge in [0.1, 0.15) is 10.1 Å². The fourth-order valence-electron chi connectivity index (χ4n) is 1.33. The Morgan fingerprint density at radius 2 is 1.81 bits per heavy atom. The van der Waals surface area contributed by atoms with E-state index in [1.165, 1.54) is 5.56 Å². The average molecular weight is 248 g/mol. The van der Waals surface area contributed by atoms with E-state index in [0.29, 0.717) is 0 Å². The van der Waals surface area contributed by atoms with Crippen molar-refractivity contribution in [2.75, 3.05) is 0 Å². The maximum Gasteiger partial charge on any atom is 0.107 e. The zero-order valence-electron chi connectivity index (χ0n) is 9.18. The molecule has 0 aliphatic carbocycles. The number of hydrogen-bond acceptors (Lipinski definition) is 4. The molecule has 0 saturated carbocycles. The van der Waals surface area contributed by atoms with Gasteiger partial charge in [-0.15, -0.1) is 0 Å². The lowest BCUT2D eigenvalue weighted by atomic mass is 10.3. The summed E-state index contributed by atoms with van der Waals surface area (Å²) >= 11 is 0. The van der Waals surface area contributed by atoms with Crippen LogP contribution in [0.5, 0.6) is 0 Å². The molecule has 2 aromatic rings. The third kappa shape index (κ3) is 3.25. The highest BCUT2D eigenvalue weighted by Crippen LogP contribution is 2.35. The van der Waals surface area contributed by atoms with E-state index in [9.17, 15) is 0 Å². The summed E-state index contributed by atoms with van der Waals surface area (Å²) in [5, 5.41) is 2.04. The molecule has 2 heterocycles. The summed E-state index contributed by atoms with van der Waals surface area (Å²) in [6.45, 7) is 4.10. The van der Waals surface area contributed by atoms with E-state index in [1.807, 2.05) is 25.1 Å². The molecule has 0 radical (unpaired) electrons. The lowest BCUT2D eigenvalue weighted by molar-refractivity contribution is 1.05. The zero-order chi connectivity index (χ0) is 11.4. The Labute approximate surface area is 103 Å². The predicted molar refractivity (Wildman–Crippen MR) is 69.7 cm³/mol. The van der Waals surface area contributed by atoms with Crippen LogP contribution >= 0.6 is 21.6 Å². The molecule has 0 unspecified atom stereocenters. The molecule has 0 amide bonds. The van der Waals surface area contributed by atoms with E-state index in [-0.39, 0.29) is 0 Å². The Hall–Kier alpha value is -1.00. The Morgan fingerprint density at radius 3 is 2.50 bits per heavy atom. The number of aryl methyl sites for hydroxylation is 2. The van der Waals surface area contributed by atoms with Crippen LogP contribution in [0.3, 0.4) is 0 Å². The van der Waals surface area contributed by atoms with Crippen LogP contribution in [-0.4, -0.2) is 9.97 Å². The van der Waals surface area contributed by atoms with Crippen LogP contribution in [0.25, 0.3) is 0 Å². The van der Waals surface area contributed by atoms with E-state index >= 15 is 0 Å². The molecule has 0 aliphatic rings. The van der Waals surface area contributed by atoms with E-state index in [4.69, 9.17) is 0 Å². The standard InChI is InChI=1S/C12H12N2S2/c1-9-7-10(2)14-12(8-9)16-15-11-5-3-4-6-13-11/h3-8H,1-2H3. The molecule has 0 aromatic carbocycles. The van der Waals surface area contributed by atoms with Crippen LogP contribution in [-0.2, 0) is 0 Å². The quantitative estimate of drug-likeness (QED) is 0.770. The molecule has 0 bridgehead atoms. The summed E-state index contributed by atoms with van der Waals surface area (Å²) in [6, 6.07) is 10.1. The highest BCUT2D eigenvalue weighted by molar-refractivity contribution is 8.76. The molecule has 2 rings (SSSR count). The normalized spacial score (nSPS) is 10.4. The van der Waals surface area contributed by atoms with Crippen molar-refractivity contribution in [2.45, 2.75) is 23.9 Å². The minimum absolute atomic E-state index is 1.01. The van der Waals surface area contributed by atoms with Gasteiger partial charge in [-0.3, -0.25) is 0 Å². The topological polar surface area (TPSA) is 25.8 Å². The second kappa shape index (κ2) is 5.37. The Balaban J connectivity index is 2.05. The first kappa shape index (κ1) is 11.5. The van der Waals surface area contributed by atoms with Crippen molar-refractivity contribution in [3.63, 3.8) is 0 Å². The number of hydrogen-bond donors (Lipinski definition) is 0. The van der Waals surface area contributed by atoms with Crippen molar-refractivity contribution < 1.29 is 0 Å². The van der Waals surface area contributed by atoms with Gasteiger partial charge in [-0.25, -0.2) is 9.97 Å². The third-order valence-corrected chi connectivity index (χ3v) is 4.07. The molecule has 0 saturated heterocycles. The Kier molecular flexibility index (Phi) is 3.85. The van der Waals surface area contributed by atoms with Crippen LogP contribution in [0.15, 0.2) is 46.6 Å². The minimum atomic E-state index is 1.01. The van der Waals surface area contributed by atoms with Crippen LogP contribution in [0.1, 0.15) is 11.3 Å². The van der Waals surface area contributed by atoms with Gasteiger partial charge in [0.2, 0.25) is 0 Å². The van der Waals surface area contributed by atoms with Gasteiger partial charge in [0.05, 0.1) is 0 Å². The largest absolute Gasteiger partial charge is 0.249 e. The summed E-state index contributed by atoms with van der Waals surface area (Å²) in [6.07, 6.45) is 1.80. The number of nitrogens with zero attached hydrogens (tertiary/aromatic N) is 2. The van der Waals surface area contributed by atoms with Crippen molar-refractivity contribution in [1.29, 1.82) is 0 Å². The van der Waals surface area contributed by atoms with E-state index in [0.717, 1.165) is 15.7 Å². The van der Waals surface area contributed by atoms with Crippen LogP contribution in [0, 0.1) is 13.8 Å². The second-order valence-electron chi connectivity index (χ2n) is 3.46. The number of aromatic nitrogens is 2. The number of rotatable bonds is 3. The van der Waals surface area contributed by atoms with Gasteiger partial charge >= 0.3 is 0 Å². The van der Waals surface area contributed by atoms with Gasteiger partial charge in [-0.2, -0.15) is 0 Å². The van der Waals surface area contributed by atoms with Crippen LogP contribution in [0.2, 0.25) is 0 Å². The maximum absolute atomic E-state index is 4.46. The van der Waals surface area contributed by atoms with Gasteiger partial charge in [-0.1, -0.05) is 6.07 Å². The minimum Gasteiger partial charge on any atom is -0.249 e. The molecular formula is C12H12N2S2. The summed E-state index contributed by atoms with van der Waals surface area (Å²) in [7, 11) is 3.28. The smallest absolute Gasteiger partial charge is 0.107 e. The summed E-state index contributed by atoms with van der Waals surface area (Å²) in [4.78, 5) is 8.72. The van der Waals surface area contributed by atoms with Crippen molar-refractivity contribution in [3.05, 3.63) is 47.8 Å². The predicted octanol–water partition coefficient (Wildman–Crippen LogP) is 3.89. The highest BCUT2D eigenvalue weighted by Gasteiger charge is 2.01. The Bertz CT molecular complexity index is 451. The van der Waals surface area contributed by atoms with Gasteiger partial charge in [0.25, 0.3) is 0 Å². The van der Waals surface area contributed by atoms with Crippen molar-refractivity contribution in [3.8, 4) is 0 Å². The van der Waals surface area contributed by atoms with Crippen LogP contribution in [0.4, 0.5) is 0 Å². The van der Waals surface area contributed by atoms with Crippen molar-refractivity contribution in [1.82, 2.24) is 9.97 Å². The molecule has 4 heteroatoms. The summed E-state index contributed by atoms with van der Waals surface area (Å²) in [5.41, 5.74) is 2.31. The van der Waals surface area contributed by atoms with E-state index in [2.05, 4.69) is 29.0 Å². The van der Waals surface area contributed by atoms with Crippen molar-refractivity contribution in [2.24, 2.45) is 0 Å². The van der Waals surface area contributed by atoms with Crippen molar-refractivity contribution >= 4 is 21.6 Å². The lowest BCUT2D eigenvalue weighted by Gasteiger charge is -2.02. The molecule has 0 fully saturated rings. The lowest BCUT2D eigenvalue weighted by Crippen LogP contribution is -1.85. The van der Waals surface area contributed by atoms with Gasteiger partial charge in [-0.05, 0) is 65.3 Å². The average Bonchev–Trinajstić information content (AvgIpc) is 2.27. The van der Waals surface area contributed by atoms with Gasteiger partial charge in [0, 0.05) is 11.9 Å². The molecule has 0 spiro atoms. The van der Waals surface area contributed by atoms with E-state index in [1.54, 1.807) is 27.8 Å². The summed E-state index contributed by atoms with van der Waals surface area (Å²) in [5.74, 6) is 0. The molecule has 16 heavy (non-hydrogen) atoms. The second-order valence-corrected chi connectivity index (χ2v) is 5.63. The van der Waals surface area contributed by atoms with Gasteiger partial charge < -0.3 is 0 Å². The third-order valence-electron chi connectivity index (χ3n) is 1.92.